The molecule has 0 heterocycles. The number of benzene rings is 1. The Labute approximate surface area is 89.2 Å². The van der Waals surface area contributed by atoms with Crippen molar-refractivity contribution in [2.45, 2.75) is 26.0 Å². The number of rotatable bonds is 4. The first kappa shape index (κ1) is 11.8. The first-order chi connectivity index (χ1) is 7.06. The number of aliphatic hydroxyl groups is 1. The standard InChI is InChI=1S/C11H17NO3/c1-3-12-7(2)11(15)8-4-5-9(13)10(14)6-8/h4-7,11-15H,3H2,1-2H3/t7-,11-/m1/s1. The monoisotopic (exact) mass is 211 g/mol. The van der Waals surface area contributed by atoms with E-state index in [1.54, 1.807) is 6.07 Å². The minimum Gasteiger partial charge on any atom is -0.504 e. The van der Waals surface area contributed by atoms with Crippen molar-refractivity contribution < 1.29 is 15.3 Å². The number of nitrogens with one attached hydrogen (secondary N) is 1. The molecule has 1 aromatic rings. The molecule has 0 aliphatic heterocycles. The largest absolute Gasteiger partial charge is 0.504 e. The van der Waals surface area contributed by atoms with Crippen LogP contribution in [0.5, 0.6) is 11.5 Å². The maximum Gasteiger partial charge on any atom is 0.157 e. The van der Waals surface area contributed by atoms with Crippen LogP contribution in [0.4, 0.5) is 0 Å². The van der Waals surface area contributed by atoms with E-state index in [1.165, 1.54) is 12.1 Å². The van der Waals surface area contributed by atoms with E-state index in [4.69, 9.17) is 5.11 Å². The Hall–Kier alpha value is -1.26. The first-order valence-electron chi connectivity index (χ1n) is 4.99. The normalized spacial score (nSPS) is 14.9. The van der Waals surface area contributed by atoms with Crippen molar-refractivity contribution in [2.24, 2.45) is 0 Å². The minimum absolute atomic E-state index is 0.0982. The second kappa shape index (κ2) is 5.00. The van der Waals surface area contributed by atoms with Gasteiger partial charge < -0.3 is 20.6 Å². The van der Waals surface area contributed by atoms with Gasteiger partial charge in [-0.1, -0.05) is 13.0 Å². The van der Waals surface area contributed by atoms with Gasteiger partial charge in [-0.05, 0) is 31.2 Å². The summed E-state index contributed by atoms with van der Waals surface area (Å²) in [4.78, 5) is 0. The topological polar surface area (TPSA) is 72.7 Å². The van der Waals surface area contributed by atoms with Crippen molar-refractivity contribution in [2.75, 3.05) is 6.54 Å². The minimum atomic E-state index is -0.698. The molecule has 0 radical (unpaired) electrons. The van der Waals surface area contributed by atoms with Gasteiger partial charge in [0.05, 0.1) is 6.10 Å². The van der Waals surface area contributed by atoms with Gasteiger partial charge in [-0.25, -0.2) is 0 Å². The van der Waals surface area contributed by atoms with Crippen molar-refractivity contribution >= 4 is 0 Å². The number of hydrogen-bond donors (Lipinski definition) is 4. The van der Waals surface area contributed by atoms with Crippen molar-refractivity contribution in [3.8, 4) is 11.5 Å². The lowest BCUT2D eigenvalue weighted by molar-refractivity contribution is 0.137. The lowest BCUT2D eigenvalue weighted by Crippen LogP contribution is -2.31. The molecule has 0 aliphatic rings. The number of aliphatic hydroxyl groups excluding tert-OH is 1. The third-order valence-corrected chi connectivity index (χ3v) is 2.34. The maximum absolute atomic E-state index is 9.88. The summed E-state index contributed by atoms with van der Waals surface area (Å²) < 4.78 is 0. The van der Waals surface area contributed by atoms with Crippen LogP contribution in [0.25, 0.3) is 0 Å². The van der Waals surface area contributed by atoms with E-state index >= 15 is 0 Å². The fourth-order valence-corrected chi connectivity index (χ4v) is 1.45. The Kier molecular flexibility index (Phi) is 3.94. The van der Waals surface area contributed by atoms with E-state index in [-0.39, 0.29) is 17.5 Å². The molecule has 0 amide bonds. The summed E-state index contributed by atoms with van der Waals surface area (Å²) in [6, 6.07) is 4.23. The quantitative estimate of drug-likeness (QED) is 0.563. The van der Waals surface area contributed by atoms with Gasteiger partial charge in [0.2, 0.25) is 0 Å². The van der Waals surface area contributed by atoms with Crippen molar-refractivity contribution in [3.63, 3.8) is 0 Å². The van der Waals surface area contributed by atoms with Crippen LogP contribution in [0.1, 0.15) is 25.5 Å². The molecule has 4 nitrogen and oxygen atoms in total. The highest BCUT2D eigenvalue weighted by Gasteiger charge is 2.16. The Morgan fingerprint density at radius 1 is 1.27 bits per heavy atom. The van der Waals surface area contributed by atoms with Crippen molar-refractivity contribution in [3.05, 3.63) is 23.8 Å². The smallest absolute Gasteiger partial charge is 0.157 e. The average Bonchev–Trinajstić information content (AvgIpc) is 2.21. The molecule has 0 saturated heterocycles. The van der Waals surface area contributed by atoms with Gasteiger partial charge in [0.25, 0.3) is 0 Å². The van der Waals surface area contributed by atoms with Crippen LogP contribution in [0.3, 0.4) is 0 Å². The summed E-state index contributed by atoms with van der Waals surface area (Å²) in [6.45, 7) is 4.58. The molecular formula is C11H17NO3. The predicted octanol–water partition coefficient (Wildman–Crippen LogP) is 1.13. The molecule has 0 saturated carbocycles. The van der Waals surface area contributed by atoms with Gasteiger partial charge in [0.1, 0.15) is 0 Å². The SMILES string of the molecule is CCN[C@H](C)[C@@H](O)c1ccc(O)c(O)c1. The van der Waals surface area contributed by atoms with Crippen LogP contribution in [0.15, 0.2) is 18.2 Å². The second-order valence-electron chi connectivity index (χ2n) is 3.54. The zero-order valence-corrected chi connectivity index (χ0v) is 8.94. The highest BCUT2D eigenvalue weighted by atomic mass is 16.3. The number of hydrogen-bond acceptors (Lipinski definition) is 4. The average molecular weight is 211 g/mol. The summed E-state index contributed by atoms with van der Waals surface area (Å²) in [7, 11) is 0. The van der Waals surface area contributed by atoms with E-state index in [0.717, 1.165) is 6.54 Å². The fourth-order valence-electron chi connectivity index (χ4n) is 1.45. The van der Waals surface area contributed by atoms with E-state index in [2.05, 4.69) is 5.32 Å². The van der Waals surface area contributed by atoms with Crippen LogP contribution in [0, 0.1) is 0 Å². The highest BCUT2D eigenvalue weighted by Crippen LogP contribution is 2.28. The number of likely N-dealkylation sites (N-methyl/N-ethyl adjacent to an activating group) is 1. The van der Waals surface area contributed by atoms with Gasteiger partial charge in [-0.15, -0.1) is 0 Å². The van der Waals surface area contributed by atoms with Crippen molar-refractivity contribution in [1.82, 2.24) is 5.32 Å². The Balaban J connectivity index is 2.81. The molecule has 0 fully saturated rings. The molecule has 0 spiro atoms. The van der Waals surface area contributed by atoms with Gasteiger partial charge in [-0.3, -0.25) is 0 Å². The van der Waals surface area contributed by atoms with Crippen LogP contribution in [-0.2, 0) is 0 Å². The molecule has 0 bridgehead atoms. The molecule has 15 heavy (non-hydrogen) atoms. The number of phenolic OH excluding ortho intramolecular Hbond substituents is 2. The third-order valence-electron chi connectivity index (χ3n) is 2.34. The summed E-state index contributed by atoms with van der Waals surface area (Å²) in [5.41, 5.74) is 0.582. The highest BCUT2D eigenvalue weighted by molar-refractivity contribution is 5.41. The van der Waals surface area contributed by atoms with Crippen LogP contribution in [-0.4, -0.2) is 27.9 Å². The zero-order chi connectivity index (χ0) is 11.4. The lowest BCUT2D eigenvalue weighted by Gasteiger charge is -2.20. The van der Waals surface area contributed by atoms with Crippen LogP contribution >= 0.6 is 0 Å². The van der Waals surface area contributed by atoms with Crippen LogP contribution < -0.4 is 5.32 Å². The molecule has 84 valence electrons. The van der Waals surface area contributed by atoms with Crippen molar-refractivity contribution in [1.29, 1.82) is 0 Å². The summed E-state index contributed by atoms with van der Waals surface area (Å²) >= 11 is 0. The van der Waals surface area contributed by atoms with E-state index in [1.807, 2.05) is 13.8 Å². The summed E-state index contributed by atoms with van der Waals surface area (Å²) in [5.74, 6) is -0.391. The first-order valence-corrected chi connectivity index (χ1v) is 4.99. The molecule has 0 aromatic heterocycles. The lowest BCUT2D eigenvalue weighted by atomic mass is 10.0. The molecule has 1 aromatic carbocycles. The van der Waals surface area contributed by atoms with Gasteiger partial charge in [-0.2, -0.15) is 0 Å². The Bertz CT molecular complexity index is 328. The van der Waals surface area contributed by atoms with E-state index in [9.17, 15) is 10.2 Å². The molecule has 2 atom stereocenters. The van der Waals surface area contributed by atoms with Crippen LogP contribution in [0.2, 0.25) is 0 Å². The molecule has 1 rings (SSSR count). The zero-order valence-electron chi connectivity index (χ0n) is 8.94. The predicted molar refractivity (Wildman–Crippen MR) is 57.9 cm³/mol. The van der Waals surface area contributed by atoms with Gasteiger partial charge in [0.15, 0.2) is 11.5 Å². The van der Waals surface area contributed by atoms with Gasteiger partial charge in [0, 0.05) is 6.04 Å². The number of phenols is 2. The molecule has 0 aliphatic carbocycles. The van der Waals surface area contributed by atoms with Gasteiger partial charge >= 0.3 is 0 Å². The number of aromatic hydroxyl groups is 2. The Morgan fingerprint density at radius 2 is 1.93 bits per heavy atom. The summed E-state index contributed by atoms with van der Waals surface area (Å²) in [6.07, 6.45) is -0.698. The molecule has 4 heteroatoms. The molecule has 0 unspecified atom stereocenters. The third kappa shape index (κ3) is 2.84. The van der Waals surface area contributed by atoms with E-state index in [0.29, 0.717) is 5.56 Å². The second-order valence-corrected chi connectivity index (χ2v) is 3.54. The maximum atomic E-state index is 9.88. The van der Waals surface area contributed by atoms with E-state index < -0.39 is 6.10 Å². The molecule has 4 N–H and O–H groups in total. The molecular weight excluding hydrogens is 194 g/mol. The summed E-state index contributed by atoms with van der Waals surface area (Å²) in [5, 5.41) is 31.4. The Morgan fingerprint density at radius 3 is 2.47 bits per heavy atom. The fraction of sp³-hybridized carbons (Fsp3) is 0.455.